The third-order valence-corrected chi connectivity index (χ3v) is 3.56. The Morgan fingerprint density at radius 3 is 2.71 bits per heavy atom. The van der Waals surface area contributed by atoms with Crippen molar-refractivity contribution in [1.29, 1.82) is 0 Å². The first-order chi connectivity index (χ1) is 11.4. The van der Waals surface area contributed by atoms with E-state index < -0.39 is 30.4 Å². The van der Waals surface area contributed by atoms with Crippen molar-refractivity contribution in [2.24, 2.45) is 0 Å². The highest BCUT2D eigenvalue weighted by Gasteiger charge is 2.37. The second-order valence-electron chi connectivity index (χ2n) is 5.43. The van der Waals surface area contributed by atoms with Gasteiger partial charge in [0.1, 0.15) is 11.9 Å². The van der Waals surface area contributed by atoms with Crippen molar-refractivity contribution >= 4 is 17.6 Å². The average Bonchev–Trinajstić information content (AvgIpc) is 2.55. The van der Waals surface area contributed by atoms with Crippen LogP contribution in [0.5, 0.6) is 5.75 Å². The fourth-order valence-electron chi connectivity index (χ4n) is 2.48. The number of hydrogen-bond donors (Lipinski definition) is 2. The molecule has 2 rings (SSSR count). The number of aliphatic hydroxyl groups is 1. The summed E-state index contributed by atoms with van der Waals surface area (Å²) in [5.74, 6) is -0.663. The SMILES string of the molecule is COC(=O)[C@@H]1C[C@H](OC(C)=O)C[C@H](Oc2ccc(CO)cc2N)O1. The fourth-order valence-corrected chi connectivity index (χ4v) is 2.48. The van der Waals surface area contributed by atoms with Gasteiger partial charge in [-0.05, 0) is 17.7 Å². The number of aliphatic hydroxyl groups excluding tert-OH is 1. The van der Waals surface area contributed by atoms with Crippen molar-refractivity contribution in [2.75, 3.05) is 12.8 Å². The number of carbonyl (C=O) groups excluding carboxylic acids is 2. The number of benzene rings is 1. The molecule has 1 heterocycles. The molecular formula is C16H21NO7. The lowest BCUT2D eigenvalue weighted by Crippen LogP contribution is -2.44. The van der Waals surface area contributed by atoms with E-state index in [-0.39, 0.29) is 19.4 Å². The molecule has 1 saturated heterocycles. The Morgan fingerprint density at radius 1 is 1.38 bits per heavy atom. The molecule has 0 unspecified atom stereocenters. The van der Waals surface area contributed by atoms with Gasteiger partial charge in [-0.25, -0.2) is 4.79 Å². The minimum Gasteiger partial charge on any atom is -0.467 e. The number of rotatable bonds is 5. The van der Waals surface area contributed by atoms with E-state index in [0.717, 1.165) is 0 Å². The van der Waals surface area contributed by atoms with E-state index in [9.17, 15) is 9.59 Å². The Kier molecular flexibility index (Phi) is 5.99. The zero-order chi connectivity index (χ0) is 17.7. The van der Waals surface area contributed by atoms with Crippen LogP contribution in [0.1, 0.15) is 25.3 Å². The van der Waals surface area contributed by atoms with Crippen molar-refractivity contribution < 1.29 is 33.6 Å². The molecule has 132 valence electrons. The Balaban J connectivity index is 2.11. The van der Waals surface area contributed by atoms with Gasteiger partial charge in [0.25, 0.3) is 0 Å². The highest BCUT2D eigenvalue weighted by atomic mass is 16.7. The van der Waals surface area contributed by atoms with E-state index in [1.54, 1.807) is 18.2 Å². The van der Waals surface area contributed by atoms with E-state index in [2.05, 4.69) is 4.74 Å². The number of hydrogen-bond acceptors (Lipinski definition) is 8. The van der Waals surface area contributed by atoms with Gasteiger partial charge in [0.2, 0.25) is 6.29 Å². The average molecular weight is 339 g/mol. The second kappa shape index (κ2) is 7.98. The van der Waals surface area contributed by atoms with Gasteiger partial charge in [-0.15, -0.1) is 0 Å². The summed E-state index contributed by atoms with van der Waals surface area (Å²) >= 11 is 0. The summed E-state index contributed by atoms with van der Waals surface area (Å²) in [6, 6.07) is 4.85. The van der Waals surface area contributed by atoms with Gasteiger partial charge in [0, 0.05) is 19.8 Å². The molecule has 1 aliphatic rings. The quantitative estimate of drug-likeness (QED) is 0.596. The first-order valence-corrected chi connectivity index (χ1v) is 7.49. The molecule has 0 spiro atoms. The van der Waals surface area contributed by atoms with E-state index in [4.69, 9.17) is 25.1 Å². The summed E-state index contributed by atoms with van der Waals surface area (Å²) in [4.78, 5) is 22.9. The Bertz CT molecular complexity index is 604. The molecule has 0 aromatic heterocycles. The smallest absolute Gasteiger partial charge is 0.335 e. The number of esters is 2. The molecule has 0 amide bonds. The molecule has 0 saturated carbocycles. The van der Waals surface area contributed by atoms with Crippen LogP contribution in [-0.4, -0.2) is 42.7 Å². The number of nitrogen functional groups attached to an aromatic ring is 1. The Morgan fingerprint density at radius 2 is 2.12 bits per heavy atom. The van der Waals surface area contributed by atoms with Crippen LogP contribution in [-0.2, 0) is 30.4 Å². The monoisotopic (exact) mass is 339 g/mol. The highest BCUT2D eigenvalue weighted by molar-refractivity contribution is 5.74. The molecule has 1 fully saturated rings. The molecule has 8 nitrogen and oxygen atoms in total. The standard InChI is InChI=1S/C16H21NO7/c1-9(19)22-11-6-14(16(20)21-2)24-15(7-11)23-13-4-3-10(8-18)5-12(13)17/h3-5,11,14-15,18H,6-8,17H2,1-2H3/t11-,14-,15+/m0/s1. The van der Waals surface area contributed by atoms with Crippen molar-refractivity contribution in [2.45, 2.75) is 44.9 Å². The second-order valence-corrected chi connectivity index (χ2v) is 5.43. The Hall–Kier alpha value is -2.32. The molecule has 3 atom stereocenters. The molecule has 1 aliphatic heterocycles. The van der Waals surface area contributed by atoms with Crippen LogP contribution >= 0.6 is 0 Å². The predicted octanol–water partition coefficient (Wildman–Crippen LogP) is 0.750. The summed E-state index contributed by atoms with van der Waals surface area (Å²) in [7, 11) is 1.25. The molecule has 0 aliphatic carbocycles. The zero-order valence-corrected chi connectivity index (χ0v) is 13.6. The van der Waals surface area contributed by atoms with E-state index >= 15 is 0 Å². The first-order valence-electron chi connectivity index (χ1n) is 7.49. The number of anilines is 1. The summed E-state index contributed by atoms with van der Waals surface area (Å²) in [5.41, 5.74) is 6.86. The molecule has 0 bridgehead atoms. The maximum Gasteiger partial charge on any atom is 0.335 e. The van der Waals surface area contributed by atoms with Gasteiger partial charge >= 0.3 is 11.9 Å². The summed E-state index contributed by atoms with van der Waals surface area (Å²) in [6.07, 6.45) is -1.78. The highest BCUT2D eigenvalue weighted by Crippen LogP contribution is 2.29. The van der Waals surface area contributed by atoms with Crippen LogP contribution in [0.3, 0.4) is 0 Å². The normalized spacial score (nSPS) is 23.4. The topological polar surface area (TPSA) is 117 Å². The predicted molar refractivity (Wildman–Crippen MR) is 82.9 cm³/mol. The van der Waals surface area contributed by atoms with E-state index in [1.807, 2.05) is 0 Å². The maximum absolute atomic E-state index is 11.8. The van der Waals surface area contributed by atoms with Crippen molar-refractivity contribution in [1.82, 2.24) is 0 Å². The van der Waals surface area contributed by atoms with Crippen LogP contribution in [0, 0.1) is 0 Å². The number of nitrogens with two attached hydrogens (primary N) is 1. The lowest BCUT2D eigenvalue weighted by Gasteiger charge is -2.33. The minimum absolute atomic E-state index is 0.136. The third-order valence-electron chi connectivity index (χ3n) is 3.56. The maximum atomic E-state index is 11.8. The van der Waals surface area contributed by atoms with Crippen molar-refractivity contribution in [3.8, 4) is 5.75 Å². The minimum atomic E-state index is -0.893. The van der Waals surface area contributed by atoms with Gasteiger partial charge in [-0.2, -0.15) is 0 Å². The molecule has 1 aromatic rings. The lowest BCUT2D eigenvalue weighted by molar-refractivity contribution is -0.204. The van der Waals surface area contributed by atoms with Crippen molar-refractivity contribution in [3.63, 3.8) is 0 Å². The van der Waals surface area contributed by atoms with Crippen LogP contribution in [0.15, 0.2) is 18.2 Å². The summed E-state index contributed by atoms with van der Waals surface area (Å²) < 4.78 is 21.1. The van der Waals surface area contributed by atoms with E-state index in [0.29, 0.717) is 17.0 Å². The first kappa shape index (κ1) is 18.0. The summed E-state index contributed by atoms with van der Waals surface area (Å²) in [5, 5.41) is 9.10. The number of ether oxygens (including phenoxy) is 4. The van der Waals surface area contributed by atoms with Gasteiger partial charge in [0.15, 0.2) is 6.10 Å². The molecule has 0 radical (unpaired) electrons. The van der Waals surface area contributed by atoms with Crippen LogP contribution < -0.4 is 10.5 Å². The molecule has 3 N–H and O–H groups in total. The largest absolute Gasteiger partial charge is 0.467 e. The van der Waals surface area contributed by atoms with Crippen LogP contribution in [0.2, 0.25) is 0 Å². The van der Waals surface area contributed by atoms with Gasteiger partial charge in [0.05, 0.1) is 19.4 Å². The molecular weight excluding hydrogens is 318 g/mol. The zero-order valence-electron chi connectivity index (χ0n) is 13.6. The lowest BCUT2D eigenvalue weighted by atomic mass is 10.0. The molecule has 8 heteroatoms. The van der Waals surface area contributed by atoms with Crippen LogP contribution in [0.4, 0.5) is 5.69 Å². The fraction of sp³-hybridized carbons (Fsp3) is 0.500. The van der Waals surface area contributed by atoms with Gasteiger partial charge in [-0.3, -0.25) is 4.79 Å². The van der Waals surface area contributed by atoms with E-state index in [1.165, 1.54) is 14.0 Å². The number of methoxy groups -OCH3 is 1. The van der Waals surface area contributed by atoms with Crippen LogP contribution in [0.25, 0.3) is 0 Å². The van der Waals surface area contributed by atoms with Gasteiger partial charge in [-0.1, -0.05) is 6.07 Å². The summed E-state index contributed by atoms with van der Waals surface area (Å²) in [6.45, 7) is 1.16. The van der Waals surface area contributed by atoms with Crippen molar-refractivity contribution in [3.05, 3.63) is 23.8 Å². The van der Waals surface area contributed by atoms with Gasteiger partial charge < -0.3 is 29.8 Å². The molecule has 1 aromatic carbocycles. The Labute approximate surface area is 139 Å². The third kappa shape index (κ3) is 4.59. The number of carbonyl (C=O) groups is 2. The molecule has 24 heavy (non-hydrogen) atoms.